The van der Waals surface area contributed by atoms with Gasteiger partial charge in [-0.05, 0) is 58.7 Å². The van der Waals surface area contributed by atoms with Crippen molar-refractivity contribution in [3.63, 3.8) is 0 Å². The molecule has 0 radical (unpaired) electrons. The van der Waals surface area contributed by atoms with Crippen LogP contribution in [0.2, 0.25) is 5.02 Å². The molecule has 1 saturated heterocycles. The van der Waals surface area contributed by atoms with E-state index in [9.17, 15) is 4.79 Å². The summed E-state index contributed by atoms with van der Waals surface area (Å²) in [6.07, 6.45) is 2.66. The van der Waals surface area contributed by atoms with E-state index in [1.54, 1.807) is 37.5 Å². The summed E-state index contributed by atoms with van der Waals surface area (Å²) in [6, 6.07) is 9.19. The highest BCUT2D eigenvalue weighted by atomic mass is 79.9. The number of pyridine rings is 1. The third-order valence-corrected chi connectivity index (χ3v) is 5.23. The topological polar surface area (TPSA) is 75.3 Å². The molecule has 0 saturated carbocycles. The highest BCUT2D eigenvalue weighted by Gasteiger charge is 2.35. The van der Waals surface area contributed by atoms with Gasteiger partial charge in [-0.1, -0.05) is 18.5 Å². The number of carbonyl (C=O) groups is 1. The Morgan fingerprint density at radius 1 is 1.31 bits per heavy atom. The molecule has 1 aromatic heterocycles. The van der Waals surface area contributed by atoms with Gasteiger partial charge >= 0.3 is 0 Å². The second-order valence-corrected chi connectivity index (χ2v) is 7.52. The predicted molar refractivity (Wildman–Crippen MR) is 104 cm³/mol. The fourth-order valence-electron chi connectivity index (χ4n) is 2.85. The van der Waals surface area contributed by atoms with Gasteiger partial charge < -0.3 is 10.1 Å². The quantitative estimate of drug-likeness (QED) is 0.667. The summed E-state index contributed by atoms with van der Waals surface area (Å²) in [4.78, 5) is 16.6. The summed E-state index contributed by atoms with van der Waals surface area (Å²) in [5, 5.41) is 3.58. The molecule has 1 aromatic carbocycles. The van der Waals surface area contributed by atoms with Gasteiger partial charge in [-0.15, -0.1) is 0 Å². The molecule has 3 rings (SSSR count). The zero-order chi connectivity index (χ0) is 18.7. The van der Waals surface area contributed by atoms with Crippen LogP contribution in [0, 0.1) is 5.92 Å². The number of benzene rings is 1. The maximum atomic E-state index is 12.5. The van der Waals surface area contributed by atoms with Crippen LogP contribution in [0.1, 0.15) is 25.5 Å². The first-order valence-corrected chi connectivity index (χ1v) is 9.46. The van der Waals surface area contributed by atoms with E-state index in [0.717, 1.165) is 5.56 Å². The molecule has 1 aliphatic rings. The monoisotopic (exact) mass is 438 g/mol. The van der Waals surface area contributed by atoms with E-state index in [0.29, 0.717) is 15.2 Å². The molecule has 8 heteroatoms. The normalized spacial score (nSPS) is 23.5. The third kappa shape index (κ3) is 4.35. The van der Waals surface area contributed by atoms with Crippen molar-refractivity contribution in [1.29, 1.82) is 0 Å². The van der Waals surface area contributed by atoms with Crippen molar-refractivity contribution >= 4 is 33.4 Å². The van der Waals surface area contributed by atoms with Crippen molar-refractivity contribution < 1.29 is 9.53 Å². The van der Waals surface area contributed by atoms with Gasteiger partial charge in [-0.2, -0.15) is 0 Å². The third-order valence-electron chi connectivity index (χ3n) is 4.38. The Hall–Kier alpha value is -1.67. The summed E-state index contributed by atoms with van der Waals surface area (Å²) >= 11 is 9.31. The molecule has 3 N–H and O–H groups in total. The summed E-state index contributed by atoms with van der Waals surface area (Å²) in [5.74, 6) is 0.515. The van der Waals surface area contributed by atoms with Crippen LogP contribution in [0.3, 0.4) is 0 Å². The molecule has 2 aromatic rings. The number of carbonyl (C=O) groups excluding carboxylic acids is 1. The Balaban J connectivity index is 1.59. The van der Waals surface area contributed by atoms with Crippen molar-refractivity contribution in [2.75, 3.05) is 0 Å². The lowest BCUT2D eigenvalue weighted by Gasteiger charge is -2.22. The largest absolute Gasteiger partial charge is 0.480 e. The minimum atomic E-state index is -0.651. The molecule has 1 fully saturated rings. The van der Waals surface area contributed by atoms with E-state index < -0.39 is 6.10 Å². The van der Waals surface area contributed by atoms with Gasteiger partial charge in [0.05, 0.1) is 16.7 Å². The van der Waals surface area contributed by atoms with Crippen LogP contribution in [-0.4, -0.2) is 23.2 Å². The second-order valence-electron chi connectivity index (χ2n) is 6.23. The molecular weight excluding hydrogens is 420 g/mol. The lowest BCUT2D eigenvalue weighted by atomic mass is 9.95. The van der Waals surface area contributed by atoms with E-state index in [4.69, 9.17) is 16.3 Å². The standard InChI is InChI=1S/C18H20BrClN4O2/c1-10-16(12-5-7-21-8-6-12)23-24-17(10)22-18(25)11(2)26-15-4-3-13(20)9-14(15)19/h3-11,16-17,23-24H,1-2H3,(H,22,25). The average Bonchev–Trinajstić information content (AvgIpc) is 2.98. The van der Waals surface area contributed by atoms with E-state index >= 15 is 0 Å². The number of aromatic nitrogens is 1. The first-order valence-electron chi connectivity index (χ1n) is 8.29. The predicted octanol–water partition coefficient (Wildman–Crippen LogP) is 3.19. The Morgan fingerprint density at radius 3 is 2.73 bits per heavy atom. The Labute approximate surface area is 165 Å². The zero-order valence-corrected chi connectivity index (χ0v) is 16.7. The van der Waals surface area contributed by atoms with E-state index in [1.807, 2.05) is 12.1 Å². The van der Waals surface area contributed by atoms with Crippen LogP contribution < -0.4 is 20.9 Å². The van der Waals surface area contributed by atoms with Crippen molar-refractivity contribution in [2.45, 2.75) is 32.2 Å². The van der Waals surface area contributed by atoms with Gasteiger partial charge in [0.2, 0.25) is 0 Å². The van der Waals surface area contributed by atoms with Crippen molar-refractivity contribution in [3.05, 3.63) is 57.8 Å². The van der Waals surface area contributed by atoms with Crippen molar-refractivity contribution in [3.8, 4) is 5.75 Å². The van der Waals surface area contributed by atoms with Gasteiger partial charge in [0, 0.05) is 23.3 Å². The molecule has 2 heterocycles. The number of nitrogens with zero attached hydrogens (tertiary/aromatic N) is 1. The highest BCUT2D eigenvalue weighted by molar-refractivity contribution is 9.10. The molecule has 0 aliphatic carbocycles. The minimum absolute atomic E-state index is 0.0879. The van der Waals surface area contributed by atoms with Crippen molar-refractivity contribution in [2.24, 2.45) is 5.92 Å². The fraction of sp³-hybridized carbons (Fsp3) is 0.333. The van der Waals surface area contributed by atoms with E-state index in [-0.39, 0.29) is 24.0 Å². The molecule has 138 valence electrons. The molecule has 6 nitrogen and oxygen atoms in total. The van der Waals surface area contributed by atoms with Crippen molar-refractivity contribution in [1.82, 2.24) is 21.2 Å². The Kier molecular flexibility index (Phi) is 6.13. The smallest absolute Gasteiger partial charge is 0.262 e. The fourth-order valence-corrected chi connectivity index (χ4v) is 3.62. The highest BCUT2D eigenvalue weighted by Crippen LogP contribution is 2.29. The molecule has 0 spiro atoms. The number of ether oxygens (including phenoxy) is 1. The lowest BCUT2D eigenvalue weighted by molar-refractivity contribution is -0.128. The number of halogens is 2. The number of amides is 1. The summed E-state index contributed by atoms with van der Waals surface area (Å²) in [7, 11) is 0. The average molecular weight is 440 g/mol. The summed E-state index contributed by atoms with van der Waals surface area (Å²) in [5.41, 5.74) is 7.48. The first kappa shape index (κ1) is 19.1. The SMILES string of the molecule is CC(Oc1ccc(Cl)cc1Br)C(=O)NC1NNC(c2ccncc2)C1C. The van der Waals surface area contributed by atoms with E-state index in [2.05, 4.69) is 44.0 Å². The van der Waals surface area contributed by atoms with Crippen LogP contribution in [0.5, 0.6) is 5.75 Å². The molecule has 1 aliphatic heterocycles. The molecular formula is C18H20BrClN4O2. The van der Waals surface area contributed by atoms with Gasteiger partial charge in [0.15, 0.2) is 6.10 Å². The Morgan fingerprint density at radius 2 is 2.04 bits per heavy atom. The maximum Gasteiger partial charge on any atom is 0.262 e. The number of hydrazine groups is 1. The number of rotatable bonds is 5. The van der Waals surface area contributed by atoms with E-state index in [1.165, 1.54) is 0 Å². The molecule has 4 atom stereocenters. The minimum Gasteiger partial charge on any atom is -0.480 e. The van der Waals surface area contributed by atoms with Crippen LogP contribution in [0.4, 0.5) is 0 Å². The second kappa shape index (κ2) is 8.35. The lowest BCUT2D eigenvalue weighted by Crippen LogP contribution is -2.50. The zero-order valence-electron chi connectivity index (χ0n) is 14.4. The van der Waals surface area contributed by atoms with Gasteiger partial charge in [0.1, 0.15) is 5.75 Å². The van der Waals surface area contributed by atoms with Gasteiger partial charge in [-0.3, -0.25) is 9.78 Å². The number of hydrogen-bond acceptors (Lipinski definition) is 5. The van der Waals surface area contributed by atoms with Crippen LogP contribution in [0.25, 0.3) is 0 Å². The maximum absolute atomic E-state index is 12.5. The first-order chi connectivity index (χ1) is 12.5. The Bertz CT molecular complexity index is 777. The molecule has 0 bridgehead atoms. The van der Waals surface area contributed by atoms with Crippen LogP contribution in [-0.2, 0) is 4.79 Å². The van der Waals surface area contributed by atoms with Crippen LogP contribution >= 0.6 is 27.5 Å². The number of hydrogen-bond donors (Lipinski definition) is 3. The molecule has 4 unspecified atom stereocenters. The molecule has 1 amide bonds. The van der Waals surface area contributed by atoms with Crippen LogP contribution in [0.15, 0.2) is 47.2 Å². The van der Waals surface area contributed by atoms with Gasteiger partial charge in [0.25, 0.3) is 5.91 Å². The molecule has 26 heavy (non-hydrogen) atoms. The summed E-state index contributed by atoms with van der Waals surface area (Å²) in [6.45, 7) is 3.79. The summed E-state index contributed by atoms with van der Waals surface area (Å²) < 4.78 is 6.45. The van der Waals surface area contributed by atoms with Gasteiger partial charge in [-0.25, -0.2) is 10.9 Å². The number of nitrogens with one attached hydrogen (secondary N) is 3.